The summed E-state index contributed by atoms with van der Waals surface area (Å²) < 4.78 is 28.7. The van der Waals surface area contributed by atoms with Crippen molar-refractivity contribution in [3.8, 4) is 0 Å². The van der Waals surface area contributed by atoms with Gasteiger partial charge in [-0.25, -0.2) is 17.7 Å². The van der Waals surface area contributed by atoms with E-state index < -0.39 is 57.8 Å². The number of sulfonamides is 1. The normalized spacial score (nSPS) is 19.3. The lowest BCUT2D eigenvalue weighted by Gasteiger charge is -2.33. The lowest BCUT2D eigenvalue weighted by atomic mass is 9.82. The summed E-state index contributed by atoms with van der Waals surface area (Å²) in [4.78, 5) is 39.7. The average Bonchev–Trinajstić information content (AvgIpc) is 3.67. The number of hydrogen-bond acceptors (Lipinski definition) is 9. The van der Waals surface area contributed by atoms with Gasteiger partial charge in [0.25, 0.3) is 0 Å². The first-order chi connectivity index (χ1) is 25.1. The largest absolute Gasteiger partial charge is 0.390 e. The monoisotopic (exact) mass is 737 g/mol. The van der Waals surface area contributed by atoms with Crippen molar-refractivity contribution in [3.05, 3.63) is 84.2 Å². The van der Waals surface area contributed by atoms with Crippen molar-refractivity contribution in [2.75, 3.05) is 18.8 Å². The topological polar surface area (TPSA) is 204 Å². The van der Waals surface area contributed by atoms with Crippen LogP contribution in [0.2, 0.25) is 0 Å². The van der Waals surface area contributed by atoms with Crippen molar-refractivity contribution in [3.63, 3.8) is 0 Å². The number of carbonyl (C=O) groups is 2. The van der Waals surface area contributed by atoms with Crippen LogP contribution in [0.25, 0.3) is 0 Å². The quantitative estimate of drug-likeness (QED) is 0.113. The Balaban J connectivity index is 1.34. The molecule has 52 heavy (non-hydrogen) atoms. The Hall–Kier alpha value is -3.69. The van der Waals surface area contributed by atoms with Gasteiger partial charge >= 0.3 is 0 Å². The van der Waals surface area contributed by atoms with Crippen LogP contribution in [0.5, 0.6) is 0 Å². The number of pyridine rings is 1. The highest BCUT2D eigenvalue weighted by Gasteiger charge is 2.36. The number of imidazole rings is 1. The first kappa shape index (κ1) is 39.5. The number of rotatable bonds is 18. The maximum absolute atomic E-state index is 14.2. The molecule has 13 nitrogen and oxygen atoms in total. The van der Waals surface area contributed by atoms with Crippen molar-refractivity contribution in [1.82, 2.24) is 29.9 Å². The number of nitrogens with two attached hydrogens (primary N) is 1. The molecule has 14 heteroatoms. The highest BCUT2D eigenvalue weighted by atomic mass is 32.2. The highest BCUT2D eigenvalue weighted by molar-refractivity contribution is 7.89. The molecule has 1 saturated heterocycles. The van der Waals surface area contributed by atoms with E-state index in [0.29, 0.717) is 44.5 Å². The lowest BCUT2D eigenvalue weighted by molar-refractivity contribution is -0.132. The van der Waals surface area contributed by atoms with Gasteiger partial charge in [0.1, 0.15) is 12.1 Å². The van der Waals surface area contributed by atoms with Crippen LogP contribution < -0.4 is 16.4 Å². The van der Waals surface area contributed by atoms with Gasteiger partial charge in [0.05, 0.1) is 30.1 Å². The van der Waals surface area contributed by atoms with E-state index in [1.54, 1.807) is 12.4 Å². The Bertz CT molecular complexity index is 1620. The van der Waals surface area contributed by atoms with Crippen LogP contribution in [0.1, 0.15) is 74.7 Å². The fourth-order valence-electron chi connectivity index (χ4n) is 7.38. The second-order valence-corrected chi connectivity index (χ2v) is 16.5. The zero-order valence-electron chi connectivity index (χ0n) is 29.9. The first-order valence-electron chi connectivity index (χ1n) is 18.7. The number of aromatic nitrogens is 3. The summed E-state index contributed by atoms with van der Waals surface area (Å²) in [6.45, 7) is 0.596. The fraction of sp³-hybridized carbons (Fsp3) is 0.579. The molecular weight excluding hydrogens is 683 g/mol. The van der Waals surface area contributed by atoms with E-state index in [-0.39, 0.29) is 31.2 Å². The Morgan fingerprint density at radius 3 is 2.35 bits per heavy atom. The summed E-state index contributed by atoms with van der Waals surface area (Å²) in [5, 5.41) is 28.5. The van der Waals surface area contributed by atoms with Crippen LogP contribution in [-0.4, -0.2) is 98.9 Å². The van der Waals surface area contributed by atoms with Crippen LogP contribution >= 0.6 is 0 Å². The number of hydrogen-bond donors (Lipinski definition) is 6. The van der Waals surface area contributed by atoms with Gasteiger partial charge in [0.2, 0.25) is 21.8 Å². The number of aliphatic hydroxyl groups is 2. The molecule has 1 aliphatic carbocycles. The third-order valence-corrected chi connectivity index (χ3v) is 12.5. The van der Waals surface area contributed by atoms with Crippen LogP contribution in [0, 0.1) is 11.8 Å². The van der Waals surface area contributed by atoms with Crippen LogP contribution in [0.3, 0.4) is 0 Å². The summed E-state index contributed by atoms with van der Waals surface area (Å²) in [7, 11) is -3.82. The zero-order valence-corrected chi connectivity index (χ0v) is 30.7. The molecule has 5 rings (SSSR count). The number of H-pyrrole nitrogens is 1. The molecule has 1 saturated carbocycles. The van der Waals surface area contributed by atoms with E-state index >= 15 is 0 Å². The van der Waals surface area contributed by atoms with Crippen LogP contribution in [0.4, 0.5) is 0 Å². The van der Waals surface area contributed by atoms with Gasteiger partial charge in [0.15, 0.2) is 0 Å². The summed E-state index contributed by atoms with van der Waals surface area (Å²) >= 11 is 0. The van der Waals surface area contributed by atoms with Crippen molar-refractivity contribution in [1.29, 1.82) is 0 Å². The number of benzene rings is 1. The molecule has 284 valence electrons. The molecule has 0 bridgehead atoms. The highest BCUT2D eigenvalue weighted by Crippen LogP contribution is 2.29. The molecule has 1 aliphatic heterocycles. The second-order valence-electron chi connectivity index (χ2n) is 14.5. The van der Waals surface area contributed by atoms with Gasteiger partial charge in [-0.15, -0.1) is 0 Å². The molecule has 2 amide bonds. The molecule has 0 unspecified atom stereocenters. The van der Waals surface area contributed by atoms with Gasteiger partial charge in [-0.3, -0.25) is 14.6 Å². The minimum absolute atomic E-state index is 0.0564. The average molecular weight is 738 g/mol. The Kier molecular flexibility index (Phi) is 14.7. The number of nitrogens with one attached hydrogen (secondary N) is 3. The third-order valence-electron chi connectivity index (χ3n) is 10.5. The molecule has 2 fully saturated rings. The summed E-state index contributed by atoms with van der Waals surface area (Å²) in [6.07, 6.45) is 10.1. The molecule has 0 radical (unpaired) electrons. The first-order valence-corrected chi connectivity index (χ1v) is 20.3. The predicted molar refractivity (Wildman–Crippen MR) is 198 cm³/mol. The number of aromatic amines is 1. The Labute approximate surface area is 307 Å². The molecule has 2 aromatic heterocycles. The predicted octanol–water partition coefficient (Wildman–Crippen LogP) is 2.25. The molecule has 3 aromatic rings. The van der Waals surface area contributed by atoms with E-state index in [1.807, 2.05) is 48.5 Å². The SMILES string of the molecule is NC1CCN(S(=O)(=O)C[C@H](Cc2ccccc2)C(=O)N[C@@H](Cc2cnc[nH]2)C(=O)N[C@@H](CC2CCCCC2)[C@@H](O)[C@@H](O)CCc2ccccn2)CC1. The molecule has 7 N–H and O–H groups in total. The summed E-state index contributed by atoms with van der Waals surface area (Å²) in [5.74, 6) is -2.25. The molecule has 0 spiro atoms. The number of piperidine rings is 1. The van der Waals surface area contributed by atoms with Gasteiger partial charge < -0.3 is 31.6 Å². The number of carbonyl (C=O) groups excluding carboxylic acids is 2. The van der Waals surface area contributed by atoms with Crippen molar-refractivity contribution < 1.29 is 28.2 Å². The van der Waals surface area contributed by atoms with E-state index in [9.17, 15) is 28.2 Å². The van der Waals surface area contributed by atoms with Crippen LogP contribution in [-0.2, 0) is 38.9 Å². The number of nitrogens with zero attached hydrogens (tertiary/aromatic N) is 3. The maximum Gasteiger partial charge on any atom is 0.243 e. The number of aliphatic hydroxyl groups excluding tert-OH is 2. The van der Waals surface area contributed by atoms with E-state index in [0.717, 1.165) is 43.4 Å². The van der Waals surface area contributed by atoms with Gasteiger partial charge in [-0.1, -0.05) is 68.5 Å². The lowest BCUT2D eigenvalue weighted by Crippen LogP contribution is -2.57. The van der Waals surface area contributed by atoms with Crippen molar-refractivity contribution in [2.24, 2.45) is 17.6 Å². The minimum Gasteiger partial charge on any atom is -0.390 e. The van der Waals surface area contributed by atoms with Gasteiger partial charge in [-0.2, -0.15) is 0 Å². The van der Waals surface area contributed by atoms with E-state index in [1.165, 1.54) is 10.6 Å². The molecule has 2 aliphatic rings. The van der Waals surface area contributed by atoms with Gasteiger partial charge in [-0.05, 0) is 62.1 Å². The van der Waals surface area contributed by atoms with Crippen LogP contribution in [0.15, 0.2) is 67.3 Å². The van der Waals surface area contributed by atoms with E-state index in [2.05, 4.69) is 25.6 Å². The van der Waals surface area contributed by atoms with Crippen molar-refractivity contribution in [2.45, 2.75) is 107 Å². The van der Waals surface area contributed by atoms with Crippen molar-refractivity contribution >= 4 is 21.8 Å². The summed E-state index contributed by atoms with van der Waals surface area (Å²) in [6, 6.07) is 12.8. The molecule has 1 aromatic carbocycles. The number of aryl methyl sites for hydroxylation is 1. The summed E-state index contributed by atoms with van der Waals surface area (Å²) in [5.41, 5.74) is 8.21. The fourth-order valence-corrected chi connectivity index (χ4v) is 9.14. The number of amides is 2. The molecule has 3 heterocycles. The zero-order chi connectivity index (χ0) is 36.9. The standard InChI is InChI=1S/C38H55N7O6S/c39-30-16-19-45(20-17-30)52(50,51)25-29(21-27-9-3-1-4-10-27)37(48)44-34(23-32-24-40-26-42-32)38(49)43-33(22-28-11-5-2-6-12-28)36(47)35(46)15-14-31-13-7-8-18-41-31/h1,3-4,7-10,13,18,24,26,28-30,33-36,46-47H,2,5-6,11-12,14-17,19-23,25,39H2,(H,40,42)(H,43,49)(H,44,48)/t29-,33-,34-,35-,36+/m0/s1. The Morgan fingerprint density at radius 1 is 0.942 bits per heavy atom. The Morgan fingerprint density at radius 2 is 1.67 bits per heavy atom. The maximum atomic E-state index is 14.2. The smallest absolute Gasteiger partial charge is 0.243 e. The minimum atomic E-state index is -3.82. The van der Waals surface area contributed by atoms with E-state index in [4.69, 9.17) is 5.73 Å². The second kappa shape index (κ2) is 19.4. The molecule has 5 atom stereocenters. The third kappa shape index (κ3) is 11.9. The molecular formula is C38H55N7O6S. The van der Waals surface area contributed by atoms with Gasteiger partial charge in [0, 0.05) is 49.3 Å².